The minimum absolute atomic E-state index is 0.0996. The van der Waals surface area contributed by atoms with Crippen LogP contribution in [0.4, 0.5) is 10.5 Å². The van der Waals surface area contributed by atoms with Gasteiger partial charge in [-0.2, -0.15) is 0 Å². The van der Waals surface area contributed by atoms with E-state index in [1.54, 1.807) is 12.1 Å². The number of nitrogens with one attached hydrogen (secondary N) is 2. The van der Waals surface area contributed by atoms with Crippen molar-refractivity contribution in [2.75, 3.05) is 18.4 Å². The van der Waals surface area contributed by atoms with Gasteiger partial charge >= 0.3 is 6.03 Å². The highest BCUT2D eigenvalue weighted by Gasteiger charge is 2.18. The molecule has 0 bridgehead atoms. The average molecular weight is 368 g/mol. The fourth-order valence-electron chi connectivity index (χ4n) is 3.02. The normalized spacial score (nSPS) is 17.0. The van der Waals surface area contributed by atoms with Crippen LogP contribution in [0.1, 0.15) is 52.4 Å². The highest BCUT2D eigenvalue weighted by atomic mass is 32.2. The van der Waals surface area contributed by atoms with Crippen molar-refractivity contribution in [2.24, 2.45) is 0 Å². The zero-order chi connectivity index (χ0) is 18.3. The summed E-state index contributed by atoms with van der Waals surface area (Å²) in [5, 5.41) is 2.85. The largest absolute Gasteiger partial charge is 0.325 e. The molecule has 1 aromatic rings. The van der Waals surface area contributed by atoms with E-state index in [0.717, 1.165) is 38.8 Å². The average Bonchev–Trinajstić information content (AvgIpc) is 2.84. The van der Waals surface area contributed by atoms with Gasteiger partial charge in [-0.15, -0.1) is 0 Å². The van der Waals surface area contributed by atoms with Gasteiger partial charge in [0.15, 0.2) is 0 Å². The molecule has 0 radical (unpaired) electrons. The number of carbonyl (C=O) groups is 1. The molecule has 1 saturated heterocycles. The molecule has 0 aliphatic carbocycles. The van der Waals surface area contributed by atoms with Crippen LogP contribution in [-0.4, -0.2) is 38.5 Å². The number of nitrogens with zero attached hydrogens (tertiary/aromatic N) is 1. The van der Waals surface area contributed by atoms with Gasteiger partial charge in [-0.1, -0.05) is 26.2 Å². The molecule has 6 nitrogen and oxygen atoms in total. The summed E-state index contributed by atoms with van der Waals surface area (Å²) in [7, 11) is -3.53. The molecule has 1 aromatic carbocycles. The molecule has 140 valence electrons. The molecule has 0 spiro atoms. The summed E-state index contributed by atoms with van der Waals surface area (Å²) in [5.41, 5.74) is 0.606. The van der Waals surface area contributed by atoms with E-state index in [-0.39, 0.29) is 17.0 Å². The van der Waals surface area contributed by atoms with E-state index in [0.29, 0.717) is 5.69 Å². The molecular weight excluding hydrogens is 338 g/mol. The number of anilines is 1. The summed E-state index contributed by atoms with van der Waals surface area (Å²) in [6.45, 7) is 5.43. The predicted octanol–water partition coefficient (Wildman–Crippen LogP) is 3.56. The van der Waals surface area contributed by atoms with E-state index < -0.39 is 10.0 Å². The molecule has 2 N–H and O–H groups in total. The third-order valence-electron chi connectivity index (χ3n) is 4.39. The van der Waals surface area contributed by atoms with E-state index >= 15 is 0 Å². The van der Waals surface area contributed by atoms with Crippen molar-refractivity contribution in [1.82, 2.24) is 9.62 Å². The molecule has 0 aromatic heterocycles. The molecule has 1 heterocycles. The fraction of sp³-hybridized carbons (Fsp3) is 0.611. The second kappa shape index (κ2) is 9.20. The Hall–Kier alpha value is -1.60. The first kappa shape index (κ1) is 19.7. The van der Waals surface area contributed by atoms with E-state index in [4.69, 9.17) is 0 Å². The summed E-state index contributed by atoms with van der Waals surface area (Å²) in [4.78, 5) is 14.3. The van der Waals surface area contributed by atoms with Crippen molar-refractivity contribution >= 4 is 21.7 Å². The lowest BCUT2D eigenvalue weighted by Gasteiger charge is -2.21. The van der Waals surface area contributed by atoms with Gasteiger partial charge in [-0.05, 0) is 50.5 Å². The lowest BCUT2D eigenvalue weighted by molar-refractivity contribution is 0.214. The summed E-state index contributed by atoms with van der Waals surface area (Å²) < 4.78 is 27.3. The fourth-order valence-corrected chi connectivity index (χ4v) is 4.30. The predicted molar refractivity (Wildman–Crippen MR) is 100 cm³/mol. The Kier molecular flexibility index (Phi) is 7.25. The number of hydrogen-bond acceptors (Lipinski definition) is 3. The molecule has 0 saturated carbocycles. The van der Waals surface area contributed by atoms with E-state index in [1.165, 1.54) is 25.0 Å². The van der Waals surface area contributed by atoms with Crippen LogP contribution in [0.3, 0.4) is 0 Å². The monoisotopic (exact) mass is 367 g/mol. The maximum Gasteiger partial charge on any atom is 0.321 e. The highest BCUT2D eigenvalue weighted by molar-refractivity contribution is 7.89. The number of carbonyl (C=O) groups excluding carboxylic acids is 1. The first-order valence-corrected chi connectivity index (χ1v) is 10.6. The lowest BCUT2D eigenvalue weighted by atomic mass is 10.2. The number of rotatable bonds is 6. The third kappa shape index (κ3) is 6.01. The smallest absolute Gasteiger partial charge is 0.321 e. The number of hydrogen-bond donors (Lipinski definition) is 2. The van der Waals surface area contributed by atoms with Crippen LogP contribution in [0, 0.1) is 0 Å². The van der Waals surface area contributed by atoms with Crippen LogP contribution >= 0.6 is 0 Å². The van der Waals surface area contributed by atoms with Crippen LogP contribution in [0.15, 0.2) is 29.2 Å². The Labute approximate surface area is 151 Å². The van der Waals surface area contributed by atoms with Crippen molar-refractivity contribution in [1.29, 1.82) is 0 Å². The lowest BCUT2D eigenvalue weighted by Crippen LogP contribution is -2.35. The minimum atomic E-state index is -3.53. The zero-order valence-corrected chi connectivity index (χ0v) is 15.9. The van der Waals surface area contributed by atoms with Gasteiger partial charge in [-0.25, -0.2) is 17.9 Å². The first-order chi connectivity index (χ1) is 11.9. The molecule has 0 unspecified atom stereocenters. The highest BCUT2D eigenvalue weighted by Crippen LogP contribution is 2.16. The number of likely N-dealkylation sites (tertiary alicyclic amines) is 1. The van der Waals surface area contributed by atoms with Crippen molar-refractivity contribution < 1.29 is 13.2 Å². The molecule has 2 amide bonds. The molecule has 1 aliphatic rings. The maximum absolute atomic E-state index is 12.3. The molecule has 1 aliphatic heterocycles. The standard InChI is InChI=1S/C18H29N3O3S/c1-3-8-15(2)20-25(23,24)17-11-9-16(10-12-17)19-18(22)21-13-6-4-5-7-14-21/h9-12,15,20H,3-8,13-14H2,1-2H3,(H,19,22)/t15-/m0/s1. The van der Waals surface area contributed by atoms with Crippen molar-refractivity contribution in [3.05, 3.63) is 24.3 Å². The van der Waals surface area contributed by atoms with Gasteiger partial charge in [0, 0.05) is 24.8 Å². The molecule has 1 fully saturated rings. The summed E-state index contributed by atoms with van der Waals surface area (Å²) in [6.07, 6.45) is 6.12. The Morgan fingerprint density at radius 1 is 1.12 bits per heavy atom. The van der Waals surface area contributed by atoms with E-state index in [1.807, 2.05) is 18.7 Å². The van der Waals surface area contributed by atoms with Crippen LogP contribution < -0.4 is 10.0 Å². The van der Waals surface area contributed by atoms with Gasteiger partial charge < -0.3 is 10.2 Å². The Balaban J connectivity index is 1.98. The van der Waals surface area contributed by atoms with Crippen molar-refractivity contribution in [2.45, 2.75) is 63.3 Å². The molecule has 25 heavy (non-hydrogen) atoms. The molecule has 2 rings (SSSR count). The Morgan fingerprint density at radius 2 is 1.72 bits per heavy atom. The minimum Gasteiger partial charge on any atom is -0.325 e. The van der Waals surface area contributed by atoms with Crippen LogP contribution in [0.5, 0.6) is 0 Å². The summed E-state index contributed by atoms with van der Waals surface area (Å²) in [5.74, 6) is 0. The number of amides is 2. The molecule has 1 atom stereocenters. The Morgan fingerprint density at radius 3 is 2.28 bits per heavy atom. The second-order valence-electron chi connectivity index (χ2n) is 6.67. The van der Waals surface area contributed by atoms with Crippen molar-refractivity contribution in [3.8, 4) is 0 Å². The summed E-state index contributed by atoms with van der Waals surface area (Å²) >= 11 is 0. The zero-order valence-electron chi connectivity index (χ0n) is 15.1. The molecular formula is C18H29N3O3S. The first-order valence-electron chi connectivity index (χ1n) is 9.10. The van der Waals surface area contributed by atoms with Crippen LogP contribution in [-0.2, 0) is 10.0 Å². The molecule has 7 heteroatoms. The van der Waals surface area contributed by atoms with Crippen molar-refractivity contribution in [3.63, 3.8) is 0 Å². The van der Waals surface area contributed by atoms with Gasteiger partial charge in [0.1, 0.15) is 0 Å². The Bertz CT molecular complexity index is 651. The summed E-state index contributed by atoms with van der Waals surface area (Å²) in [6, 6.07) is 6.10. The van der Waals surface area contributed by atoms with Crippen LogP contribution in [0.25, 0.3) is 0 Å². The van der Waals surface area contributed by atoms with Crippen LogP contribution in [0.2, 0.25) is 0 Å². The van der Waals surface area contributed by atoms with Gasteiger partial charge in [0.25, 0.3) is 0 Å². The quantitative estimate of drug-likeness (QED) is 0.807. The number of benzene rings is 1. The second-order valence-corrected chi connectivity index (χ2v) is 8.38. The number of sulfonamides is 1. The van der Waals surface area contributed by atoms with Gasteiger partial charge in [0.05, 0.1) is 4.90 Å². The topological polar surface area (TPSA) is 78.5 Å². The third-order valence-corrected chi connectivity index (χ3v) is 5.99. The van der Waals surface area contributed by atoms with Gasteiger partial charge in [-0.3, -0.25) is 0 Å². The van der Waals surface area contributed by atoms with Gasteiger partial charge in [0.2, 0.25) is 10.0 Å². The van der Waals surface area contributed by atoms with E-state index in [2.05, 4.69) is 10.0 Å². The SMILES string of the molecule is CCC[C@H](C)NS(=O)(=O)c1ccc(NC(=O)N2CCCCCC2)cc1. The number of urea groups is 1. The van der Waals surface area contributed by atoms with E-state index in [9.17, 15) is 13.2 Å². The maximum atomic E-state index is 12.3.